The molecule has 1 aromatic rings. The molecule has 129 valence electrons. The summed E-state index contributed by atoms with van der Waals surface area (Å²) in [7, 11) is 0. The average Bonchev–Trinajstić information content (AvgIpc) is 2.72. The Hall–Kier alpha value is -2.04. The summed E-state index contributed by atoms with van der Waals surface area (Å²) in [4.78, 5) is 48.6. The van der Waals surface area contributed by atoms with Gasteiger partial charge in [-0.3, -0.25) is 19.2 Å². The Bertz CT molecular complexity index is 836. The van der Waals surface area contributed by atoms with Crippen LogP contribution in [-0.4, -0.2) is 23.1 Å². The predicted molar refractivity (Wildman–Crippen MR) is 81.4 cm³/mol. The van der Waals surface area contributed by atoms with Gasteiger partial charge < -0.3 is 4.74 Å². The predicted octanol–water partition coefficient (Wildman–Crippen LogP) is 2.09. The van der Waals surface area contributed by atoms with Crippen molar-refractivity contribution in [2.24, 2.45) is 5.92 Å². The number of aryl methyl sites for hydroxylation is 1. The summed E-state index contributed by atoms with van der Waals surface area (Å²) in [5.74, 6) is -2.54. The average molecular weight is 376 g/mol. The molecule has 0 N–H and O–H groups in total. The molecular weight excluding hydrogens is 360 g/mol. The Kier molecular flexibility index (Phi) is 4.42. The molecule has 0 saturated heterocycles. The van der Waals surface area contributed by atoms with E-state index in [9.17, 15) is 19.2 Å². The smallest absolute Gasteiger partial charge is 0.177 e. The number of carbonyl (C=O) groups excluding carboxylic acids is 4. The number of hydrogen-bond acceptors (Lipinski definition) is 5. The van der Waals surface area contributed by atoms with E-state index in [2.05, 4.69) is 0 Å². The zero-order valence-electron chi connectivity index (χ0n) is 13.7. The van der Waals surface area contributed by atoms with Crippen LogP contribution in [0, 0.1) is 12.8 Å². The van der Waals surface area contributed by atoms with E-state index in [0.717, 1.165) is 5.56 Å². The van der Waals surface area contributed by atoms with Gasteiger partial charge in [0.15, 0.2) is 17.3 Å². The Morgan fingerprint density at radius 3 is 2.33 bits per heavy atom. The SMILES string of the molecule is CC(=O)c1cc(C)cc2c1OC1=CC(=O)C(C(C)=O)C(=O)C12C.[Cu]. The number of allylic oxidation sites excluding steroid dienone is 2. The number of Topliss-reactive ketones (excluding diaryl/α,β-unsaturated/α-hetero) is 3. The van der Waals surface area contributed by atoms with Crippen molar-refractivity contribution in [3.8, 4) is 5.75 Å². The molecule has 0 saturated carbocycles. The Morgan fingerprint density at radius 2 is 1.79 bits per heavy atom. The summed E-state index contributed by atoms with van der Waals surface area (Å²) in [5.41, 5.74) is 0.508. The van der Waals surface area contributed by atoms with E-state index < -0.39 is 28.7 Å². The minimum atomic E-state index is -1.31. The zero-order valence-corrected chi connectivity index (χ0v) is 14.6. The summed E-state index contributed by atoms with van der Waals surface area (Å²) in [6.45, 7) is 6.11. The first kappa shape index (κ1) is 18.3. The van der Waals surface area contributed by atoms with E-state index in [4.69, 9.17) is 4.74 Å². The van der Waals surface area contributed by atoms with Crippen molar-refractivity contribution in [3.63, 3.8) is 0 Å². The summed E-state index contributed by atoms with van der Waals surface area (Å²) in [6, 6.07) is 3.46. The number of rotatable bonds is 2. The minimum Gasteiger partial charge on any atom is -0.459 e. The van der Waals surface area contributed by atoms with Crippen LogP contribution in [0.1, 0.15) is 42.3 Å². The number of hydrogen-bond donors (Lipinski definition) is 0. The van der Waals surface area contributed by atoms with E-state index in [1.54, 1.807) is 19.1 Å². The van der Waals surface area contributed by atoms with E-state index in [1.165, 1.54) is 19.9 Å². The van der Waals surface area contributed by atoms with E-state index in [-0.39, 0.29) is 28.6 Å². The van der Waals surface area contributed by atoms with Gasteiger partial charge in [-0.05, 0) is 39.3 Å². The van der Waals surface area contributed by atoms with E-state index in [0.29, 0.717) is 16.9 Å². The van der Waals surface area contributed by atoms with Gasteiger partial charge >= 0.3 is 0 Å². The first-order valence-electron chi connectivity index (χ1n) is 7.32. The molecule has 5 nitrogen and oxygen atoms in total. The first-order valence-corrected chi connectivity index (χ1v) is 7.32. The van der Waals surface area contributed by atoms with Crippen LogP contribution >= 0.6 is 0 Å². The quantitative estimate of drug-likeness (QED) is 0.449. The Balaban J connectivity index is 0.00000208. The van der Waals surface area contributed by atoms with Gasteiger partial charge in [0.2, 0.25) is 0 Å². The number of ether oxygens (including phenoxy) is 1. The standard InChI is InChI=1S/C18H16O5.Cu/c1-8-5-11(9(2)19)16-12(6-8)18(4)14(23-16)7-13(21)15(10(3)20)17(18)22;/h5-7,15H,1-4H3;. The minimum absolute atomic E-state index is 0. The Labute approximate surface area is 149 Å². The second kappa shape index (κ2) is 5.79. The van der Waals surface area contributed by atoms with Crippen molar-refractivity contribution in [1.82, 2.24) is 0 Å². The zero-order chi connectivity index (χ0) is 17.1. The molecule has 0 fully saturated rings. The van der Waals surface area contributed by atoms with Crippen LogP contribution < -0.4 is 4.74 Å². The van der Waals surface area contributed by atoms with Crippen molar-refractivity contribution in [3.05, 3.63) is 40.7 Å². The van der Waals surface area contributed by atoms with Crippen molar-refractivity contribution in [2.45, 2.75) is 33.1 Å². The summed E-state index contributed by atoms with van der Waals surface area (Å²) >= 11 is 0. The van der Waals surface area contributed by atoms with E-state index >= 15 is 0 Å². The third-order valence-electron chi connectivity index (χ3n) is 4.58. The maximum Gasteiger partial charge on any atom is 0.177 e. The molecule has 0 amide bonds. The monoisotopic (exact) mass is 375 g/mol. The topological polar surface area (TPSA) is 77.5 Å². The van der Waals surface area contributed by atoms with Crippen molar-refractivity contribution in [2.75, 3.05) is 0 Å². The fourth-order valence-corrected chi connectivity index (χ4v) is 3.30. The summed E-state index contributed by atoms with van der Waals surface area (Å²) < 4.78 is 5.72. The molecule has 2 unspecified atom stereocenters. The van der Waals surface area contributed by atoms with Crippen molar-refractivity contribution in [1.29, 1.82) is 0 Å². The fourth-order valence-electron chi connectivity index (χ4n) is 3.30. The molecule has 3 rings (SSSR count). The maximum absolute atomic E-state index is 12.9. The van der Waals surface area contributed by atoms with Crippen LogP contribution in [0.4, 0.5) is 0 Å². The fraction of sp³-hybridized carbons (Fsp3) is 0.333. The number of carbonyl (C=O) groups is 4. The maximum atomic E-state index is 12.9. The second-order valence-electron chi connectivity index (χ2n) is 6.29. The van der Waals surface area contributed by atoms with Crippen molar-refractivity contribution >= 4 is 23.1 Å². The number of ketones is 4. The van der Waals surface area contributed by atoms with Crippen LogP contribution in [0.3, 0.4) is 0 Å². The third-order valence-corrected chi connectivity index (χ3v) is 4.58. The summed E-state index contributed by atoms with van der Waals surface area (Å²) in [5, 5.41) is 0. The van der Waals surface area contributed by atoms with Gasteiger partial charge in [0.05, 0.1) is 5.56 Å². The van der Waals surface area contributed by atoms with Crippen LogP contribution in [-0.2, 0) is 36.9 Å². The number of fused-ring (bicyclic) bond motifs is 3. The molecule has 24 heavy (non-hydrogen) atoms. The van der Waals surface area contributed by atoms with Gasteiger partial charge in [-0.15, -0.1) is 0 Å². The molecule has 0 bridgehead atoms. The molecule has 0 spiro atoms. The van der Waals surface area contributed by atoms with Gasteiger partial charge in [0, 0.05) is 28.7 Å². The first-order chi connectivity index (χ1) is 10.7. The molecule has 0 aromatic heterocycles. The van der Waals surface area contributed by atoms with Crippen LogP contribution in [0.5, 0.6) is 5.75 Å². The molecule has 1 aliphatic heterocycles. The molecule has 1 aromatic carbocycles. The van der Waals surface area contributed by atoms with Gasteiger partial charge in [-0.1, -0.05) is 6.07 Å². The van der Waals surface area contributed by atoms with Gasteiger partial charge in [0.25, 0.3) is 0 Å². The Morgan fingerprint density at radius 1 is 1.17 bits per heavy atom. The normalized spacial score (nSPS) is 24.3. The third kappa shape index (κ3) is 2.29. The van der Waals surface area contributed by atoms with Crippen LogP contribution in [0.15, 0.2) is 24.0 Å². The van der Waals surface area contributed by atoms with Gasteiger partial charge in [-0.25, -0.2) is 0 Å². The summed E-state index contributed by atoms with van der Waals surface area (Å²) in [6.07, 6.45) is 1.21. The molecule has 1 radical (unpaired) electrons. The second-order valence-corrected chi connectivity index (χ2v) is 6.29. The number of benzene rings is 1. The molecule has 1 heterocycles. The van der Waals surface area contributed by atoms with Crippen LogP contribution in [0.25, 0.3) is 0 Å². The molecule has 1 aliphatic carbocycles. The molecular formula is C18H16CuO5. The molecule has 2 atom stereocenters. The molecule has 2 aliphatic rings. The van der Waals surface area contributed by atoms with Gasteiger partial charge in [-0.2, -0.15) is 0 Å². The van der Waals surface area contributed by atoms with Crippen molar-refractivity contribution < 1.29 is 41.0 Å². The van der Waals surface area contributed by atoms with Crippen LogP contribution in [0.2, 0.25) is 0 Å². The largest absolute Gasteiger partial charge is 0.459 e. The van der Waals surface area contributed by atoms with E-state index in [1.807, 2.05) is 6.92 Å². The van der Waals surface area contributed by atoms with Gasteiger partial charge in [0.1, 0.15) is 28.6 Å². The molecule has 6 heteroatoms.